The van der Waals surface area contributed by atoms with Crippen molar-refractivity contribution in [2.75, 3.05) is 51.1 Å². The number of benzene rings is 1. The van der Waals surface area contributed by atoms with Gasteiger partial charge in [0, 0.05) is 63.1 Å². The zero-order chi connectivity index (χ0) is 21.9. The molecular formula is C20H28F3N5O2. The van der Waals surface area contributed by atoms with E-state index in [2.05, 4.69) is 20.9 Å². The Bertz CT molecular complexity index is 778. The monoisotopic (exact) mass is 427 g/mol. The van der Waals surface area contributed by atoms with Crippen molar-refractivity contribution < 1.29 is 22.8 Å². The Hall–Kier alpha value is -2.17. The van der Waals surface area contributed by atoms with Crippen molar-refractivity contribution in [1.82, 2.24) is 20.4 Å². The number of carbonyl (C=O) groups is 2. The normalized spacial score (nSPS) is 21.0. The molecule has 0 spiro atoms. The SMILES string of the molecule is CC(C)N1CCN[C@@H](C(=O)c2ccc(NC(=O)N3CCNCC3)cc2C(F)(F)F)C1. The molecule has 7 nitrogen and oxygen atoms in total. The van der Waals surface area contributed by atoms with Gasteiger partial charge in [-0.2, -0.15) is 13.2 Å². The number of carbonyl (C=O) groups excluding carboxylic acids is 2. The maximum Gasteiger partial charge on any atom is 0.417 e. The number of nitrogens with one attached hydrogen (secondary N) is 3. The maximum atomic E-state index is 13.7. The fourth-order valence-electron chi connectivity index (χ4n) is 3.75. The molecule has 0 aromatic heterocycles. The smallest absolute Gasteiger partial charge is 0.322 e. The van der Waals surface area contributed by atoms with Gasteiger partial charge in [0.2, 0.25) is 0 Å². The highest BCUT2D eigenvalue weighted by atomic mass is 19.4. The van der Waals surface area contributed by atoms with Crippen molar-refractivity contribution >= 4 is 17.5 Å². The lowest BCUT2D eigenvalue weighted by Gasteiger charge is -2.35. The number of hydrogen-bond acceptors (Lipinski definition) is 5. The third kappa shape index (κ3) is 5.30. The summed E-state index contributed by atoms with van der Waals surface area (Å²) in [5, 5.41) is 8.65. The van der Waals surface area contributed by atoms with Crippen molar-refractivity contribution in [3.05, 3.63) is 29.3 Å². The number of rotatable bonds is 4. The van der Waals surface area contributed by atoms with Gasteiger partial charge in [-0.3, -0.25) is 9.69 Å². The van der Waals surface area contributed by atoms with E-state index < -0.39 is 29.6 Å². The summed E-state index contributed by atoms with van der Waals surface area (Å²) in [5.41, 5.74) is -1.40. The lowest BCUT2D eigenvalue weighted by molar-refractivity contribution is -0.137. The number of anilines is 1. The molecule has 3 rings (SSSR count). The Balaban J connectivity index is 1.81. The quantitative estimate of drug-likeness (QED) is 0.641. The predicted octanol–water partition coefficient (Wildman–Crippen LogP) is 2.01. The van der Waals surface area contributed by atoms with Crippen LogP contribution in [-0.4, -0.2) is 79.5 Å². The molecular weight excluding hydrogens is 399 g/mol. The van der Waals surface area contributed by atoms with Crippen LogP contribution in [0.4, 0.5) is 23.7 Å². The van der Waals surface area contributed by atoms with Gasteiger partial charge >= 0.3 is 12.2 Å². The second-order valence-corrected chi connectivity index (χ2v) is 7.88. The van der Waals surface area contributed by atoms with Gasteiger partial charge in [-0.15, -0.1) is 0 Å². The van der Waals surface area contributed by atoms with Gasteiger partial charge in [0.15, 0.2) is 5.78 Å². The minimum absolute atomic E-state index is 0.0165. The highest BCUT2D eigenvalue weighted by Gasteiger charge is 2.38. The van der Waals surface area contributed by atoms with Crippen molar-refractivity contribution in [2.24, 2.45) is 0 Å². The number of amides is 2. The maximum absolute atomic E-state index is 13.7. The third-order valence-corrected chi connectivity index (χ3v) is 5.50. The van der Waals surface area contributed by atoms with Gasteiger partial charge in [0.25, 0.3) is 0 Å². The molecule has 3 N–H and O–H groups in total. The molecule has 2 fully saturated rings. The number of alkyl halides is 3. The van der Waals surface area contributed by atoms with E-state index in [1.165, 1.54) is 11.0 Å². The summed E-state index contributed by atoms with van der Waals surface area (Å²) >= 11 is 0. The molecule has 0 aliphatic carbocycles. The zero-order valence-corrected chi connectivity index (χ0v) is 17.2. The first-order valence-electron chi connectivity index (χ1n) is 10.2. The minimum atomic E-state index is -4.72. The van der Waals surface area contributed by atoms with E-state index in [1.807, 2.05) is 13.8 Å². The van der Waals surface area contributed by atoms with Crippen LogP contribution in [0, 0.1) is 0 Å². The molecule has 2 amide bonds. The molecule has 2 aliphatic rings. The standard InChI is InChI=1S/C20H28F3N5O2/c1-13(2)28-10-7-25-17(12-28)18(29)15-4-3-14(11-16(15)20(21,22)23)26-19(30)27-8-5-24-6-9-27/h3-4,11,13,17,24-25H,5-10,12H2,1-2H3,(H,26,30)/t17-/m1/s1. The Kier molecular flexibility index (Phi) is 6.99. The van der Waals surface area contributed by atoms with Crippen LogP contribution in [0.25, 0.3) is 0 Å². The molecule has 1 aromatic rings. The predicted molar refractivity (Wildman–Crippen MR) is 108 cm³/mol. The fourth-order valence-corrected chi connectivity index (χ4v) is 3.75. The van der Waals surface area contributed by atoms with Gasteiger partial charge in [-0.1, -0.05) is 0 Å². The van der Waals surface area contributed by atoms with Gasteiger partial charge < -0.3 is 20.9 Å². The molecule has 0 bridgehead atoms. The first-order valence-corrected chi connectivity index (χ1v) is 10.2. The summed E-state index contributed by atoms with van der Waals surface area (Å²) in [7, 11) is 0. The van der Waals surface area contributed by atoms with E-state index in [9.17, 15) is 22.8 Å². The molecule has 30 heavy (non-hydrogen) atoms. The van der Waals surface area contributed by atoms with Gasteiger partial charge in [-0.05, 0) is 32.0 Å². The van der Waals surface area contributed by atoms with Crippen LogP contribution in [0.5, 0.6) is 0 Å². The van der Waals surface area contributed by atoms with Gasteiger partial charge in [0.05, 0.1) is 11.6 Å². The Morgan fingerprint density at radius 1 is 1.13 bits per heavy atom. The van der Waals surface area contributed by atoms with E-state index in [4.69, 9.17) is 0 Å². The minimum Gasteiger partial charge on any atom is -0.322 e. The number of ketones is 1. The van der Waals surface area contributed by atoms with Crippen LogP contribution in [0.15, 0.2) is 18.2 Å². The molecule has 166 valence electrons. The van der Waals surface area contributed by atoms with E-state index in [-0.39, 0.29) is 17.3 Å². The second kappa shape index (κ2) is 9.32. The van der Waals surface area contributed by atoms with Crippen molar-refractivity contribution in [3.8, 4) is 0 Å². The molecule has 1 aromatic carbocycles. The van der Waals surface area contributed by atoms with Crippen molar-refractivity contribution in [1.29, 1.82) is 0 Å². The van der Waals surface area contributed by atoms with E-state index in [0.29, 0.717) is 39.3 Å². The molecule has 0 radical (unpaired) electrons. The lowest BCUT2D eigenvalue weighted by atomic mass is 9.96. The number of urea groups is 1. The average molecular weight is 427 g/mol. The van der Waals surface area contributed by atoms with E-state index >= 15 is 0 Å². The van der Waals surface area contributed by atoms with Crippen LogP contribution in [0.1, 0.15) is 29.8 Å². The largest absolute Gasteiger partial charge is 0.417 e. The molecule has 2 heterocycles. The average Bonchev–Trinajstić information content (AvgIpc) is 2.73. The van der Waals surface area contributed by atoms with Crippen molar-refractivity contribution in [2.45, 2.75) is 32.1 Å². The number of halogens is 3. The number of piperazine rings is 2. The Labute approximate surface area is 174 Å². The molecule has 10 heteroatoms. The second-order valence-electron chi connectivity index (χ2n) is 7.88. The number of Topliss-reactive ketones (excluding diaryl/α,β-unsaturated/α-hetero) is 1. The topological polar surface area (TPSA) is 76.7 Å². The summed E-state index contributed by atoms with van der Waals surface area (Å²) in [6.45, 7) is 7.84. The summed E-state index contributed by atoms with van der Waals surface area (Å²) in [6.07, 6.45) is -4.72. The van der Waals surface area contributed by atoms with E-state index in [1.54, 1.807) is 0 Å². The molecule has 2 aliphatic heterocycles. The molecule has 0 saturated carbocycles. The van der Waals surface area contributed by atoms with Crippen LogP contribution < -0.4 is 16.0 Å². The first kappa shape index (κ1) is 22.5. The van der Waals surface area contributed by atoms with Crippen LogP contribution in [0.3, 0.4) is 0 Å². The summed E-state index contributed by atoms with van der Waals surface area (Å²) in [4.78, 5) is 28.8. The van der Waals surface area contributed by atoms with Crippen molar-refractivity contribution in [3.63, 3.8) is 0 Å². The van der Waals surface area contributed by atoms with Gasteiger partial charge in [0.1, 0.15) is 0 Å². The lowest BCUT2D eigenvalue weighted by Crippen LogP contribution is -2.56. The zero-order valence-electron chi connectivity index (χ0n) is 17.2. The Morgan fingerprint density at radius 3 is 2.47 bits per heavy atom. The number of hydrogen-bond donors (Lipinski definition) is 3. The number of nitrogens with zero attached hydrogens (tertiary/aromatic N) is 2. The van der Waals surface area contributed by atoms with Crippen LogP contribution in [0.2, 0.25) is 0 Å². The fraction of sp³-hybridized carbons (Fsp3) is 0.600. The summed E-state index contributed by atoms with van der Waals surface area (Å²) in [6, 6.07) is 2.40. The van der Waals surface area contributed by atoms with Crippen LogP contribution in [-0.2, 0) is 6.18 Å². The van der Waals surface area contributed by atoms with Crippen LogP contribution >= 0.6 is 0 Å². The highest BCUT2D eigenvalue weighted by molar-refractivity contribution is 6.02. The highest BCUT2D eigenvalue weighted by Crippen LogP contribution is 2.34. The third-order valence-electron chi connectivity index (χ3n) is 5.50. The van der Waals surface area contributed by atoms with E-state index in [0.717, 1.165) is 18.7 Å². The first-order chi connectivity index (χ1) is 14.2. The summed E-state index contributed by atoms with van der Waals surface area (Å²) in [5.74, 6) is -0.590. The summed E-state index contributed by atoms with van der Waals surface area (Å²) < 4.78 is 41.2. The molecule has 0 unspecified atom stereocenters. The molecule has 2 saturated heterocycles. The van der Waals surface area contributed by atoms with Gasteiger partial charge in [-0.25, -0.2) is 4.79 Å². The molecule has 1 atom stereocenters. The Morgan fingerprint density at radius 2 is 1.83 bits per heavy atom.